The third-order valence-electron chi connectivity index (χ3n) is 8.66. The van der Waals surface area contributed by atoms with Gasteiger partial charge in [0.1, 0.15) is 0 Å². The second-order valence-corrected chi connectivity index (χ2v) is 11.6. The van der Waals surface area contributed by atoms with E-state index in [1.807, 2.05) is 12.1 Å². The molecule has 5 rings (SSSR count). The lowest BCUT2D eigenvalue weighted by atomic mass is 9.90. The molecule has 3 aromatic carbocycles. The number of ketones is 1. The van der Waals surface area contributed by atoms with E-state index >= 15 is 0 Å². The average molecular weight is 520 g/mol. The molecule has 3 aromatic rings. The van der Waals surface area contributed by atoms with E-state index in [1.54, 1.807) is 0 Å². The third kappa shape index (κ3) is 7.66. The number of fused-ring (bicyclic) bond motifs is 1. The predicted molar refractivity (Wildman–Crippen MR) is 158 cm³/mol. The topological polar surface area (TPSA) is 47.3 Å². The fourth-order valence-electron chi connectivity index (χ4n) is 6.13. The van der Waals surface area contributed by atoms with Gasteiger partial charge >= 0.3 is 0 Å². The lowest BCUT2D eigenvalue weighted by Crippen LogP contribution is -2.33. The average Bonchev–Trinajstić information content (AvgIpc) is 3.17. The first-order chi connectivity index (χ1) is 19.1. The molecule has 0 unspecified atom stereocenters. The molecule has 0 bridgehead atoms. The Labute approximate surface area is 234 Å². The summed E-state index contributed by atoms with van der Waals surface area (Å²) in [5.41, 5.74) is 8.29. The molecule has 0 spiro atoms. The molecule has 2 heterocycles. The van der Waals surface area contributed by atoms with Crippen LogP contribution in [-0.2, 0) is 25.9 Å². The molecule has 4 nitrogen and oxygen atoms in total. The maximum Gasteiger partial charge on any atom is 0.162 e. The van der Waals surface area contributed by atoms with Crippen molar-refractivity contribution in [1.82, 2.24) is 9.80 Å². The normalized spacial score (nSPS) is 16.8. The van der Waals surface area contributed by atoms with Crippen molar-refractivity contribution in [1.29, 1.82) is 5.26 Å². The zero-order valence-corrected chi connectivity index (χ0v) is 23.4. The lowest BCUT2D eigenvalue weighted by Gasteiger charge is -2.32. The molecule has 0 atom stereocenters. The molecule has 4 heteroatoms. The molecular formula is C35H41N3O. The molecule has 0 amide bonds. The fourth-order valence-corrected chi connectivity index (χ4v) is 6.13. The minimum absolute atomic E-state index is 0.299. The van der Waals surface area contributed by atoms with Crippen LogP contribution in [0.15, 0.2) is 66.7 Å². The van der Waals surface area contributed by atoms with E-state index in [-0.39, 0.29) is 0 Å². The Morgan fingerprint density at radius 3 is 2.10 bits per heavy atom. The summed E-state index contributed by atoms with van der Waals surface area (Å²) in [5.74, 6) is 1.05. The summed E-state index contributed by atoms with van der Waals surface area (Å²) in [4.78, 5) is 18.1. The van der Waals surface area contributed by atoms with Gasteiger partial charge in [0.15, 0.2) is 5.78 Å². The van der Waals surface area contributed by atoms with Crippen LogP contribution in [0.1, 0.15) is 75.8 Å². The summed E-state index contributed by atoms with van der Waals surface area (Å²) in [5, 5.41) is 9.03. The fraction of sp³-hybridized carbons (Fsp3) is 0.429. The number of carbonyl (C=O) groups is 1. The number of benzene rings is 3. The monoisotopic (exact) mass is 519 g/mol. The predicted octanol–water partition coefficient (Wildman–Crippen LogP) is 6.73. The number of likely N-dealkylation sites (tertiary alicyclic amines) is 1. The highest BCUT2D eigenvalue weighted by Gasteiger charge is 2.20. The van der Waals surface area contributed by atoms with E-state index < -0.39 is 0 Å². The molecule has 2 aliphatic rings. The van der Waals surface area contributed by atoms with Crippen LogP contribution in [0.5, 0.6) is 0 Å². The molecule has 0 saturated carbocycles. The van der Waals surface area contributed by atoms with Crippen molar-refractivity contribution in [3.8, 4) is 6.07 Å². The van der Waals surface area contributed by atoms with Gasteiger partial charge in [0, 0.05) is 38.2 Å². The lowest BCUT2D eigenvalue weighted by molar-refractivity contribution is 0.0974. The first-order valence-corrected chi connectivity index (χ1v) is 14.7. The Hall–Kier alpha value is -3.26. The molecule has 0 aliphatic carbocycles. The van der Waals surface area contributed by atoms with Crippen LogP contribution in [0.3, 0.4) is 0 Å². The van der Waals surface area contributed by atoms with Crippen molar-refractivity contribution in [2.24, 2.45) is 5.92 Å². The minimum Gasteiger partial charge on any atom is -0.299 e. The van der Waals surface area contributed by atoms with Crippen LogP contribution in [-0.4, -0.2) is 41.8 Å². The number of nitriles is 1. The Kier molecular flexibility index (Phi) is 9.24. The number of carbonyl (C=O) groups excluding carboxylic acids is 1. The second kappa shape index (κ2) is 13.2. The van der Waals surface area contributed by atoms with Crippen LogP contribution >= 0.6 is 0 Å². The van der Waals surface area contributed by atoms with E-state index in [9.17, 15) is 4.79 Å². The maximum atomic E-state index is 13.1. The Morgan fingerprint density at radius 2 is 1.44 bits per heavy atom. The van der Waals surface area contributed by atoms with Gasteiger partial charge < -0.3 is 0 Å². The van der Waals surface area contributed by atoms with E-state index in [0.29, 0.717) is 17.8 Å². The first-order valence-electron chi connectivity index (χ1n) is 14.7. The molecule has 202 valence electrons. The number of hydrogen-bond acceptors (Lipinski definition) is 4. The Balaban J connectivity index is 1.05. The van der Waals surface area contributed by atoms with Crippen LogP contribution in [0.4, 0.5) is 0 Å². The van der Waals surface area contributed by atoms with Crippen molar-refractivity contribution in [2.75, 3.05) is 26.2 Å². The van der Waals surface area contributed by atoms with Crippen molar-refractivity contribution in [3.63, 3.8) is 0 Å². The Morgan fingerprint density at radius 1 is 0.821 bits per heavy atom. The standard InChI is InChI=1S/C35H41N3O/c1-27-5-7-30(8-6-27)25-37-19-15-28(16-20-37)3-2-4-35(39)34-14-13-32-17-21-38(22-18-33(32)23-34)26-31-11-9-29(24-36)10-12-31/h5-14,23,28H,2-4,15-22,25-26H2,1H3. The van der Waals surface area contributed by atoms with Crippen molar-refractivity contribution >= 4 is 5.78 Å². The third-order valence-corrected chi connectivity index (χ3v) is 8.66. The first kappa shape index (κ1) is 27.3. The van der Waals surface area contributed by atoms with Gasteiger partial charge in [0.25, 0.3) is 0 Å². The SMILES string of the molecule is Cc1ccc(CN2CCC(CCCC(=O)c3ccc4c(c3)CCN(Cc3ccc(C#N)cc3)CC4)CC2)cc1. The number of nitrogens with zero attached hydrogens (tertiary/aromatic N) is 3. The van der Waals surface area contributed by atoms with Crippen molar-refractivity contribution < 1.29 is 4.79 Å². The molecule has 0 N–H and O–H groups in total. The maximum absolute atomic E-state index is 13.1. The van der Waals surface area contributed by atoms with E-state index in [1.165, 1.54) is 60.2 Å². The molecular weight excluding hydrogens is 478 g/mol. The van der Waals surface area contributed by atoms with Crippen LogP contribution < -0.4 is 0 Å². The van der Waals surface area contributed by atoms with Gasteiger partial charge in [-0.1, -0.05) is 54.1 Å². The highest BCUT2D eigenvalue weighted by Crippen LogP contribution is 2.25. The second-order valence-electron chi connectivity index (χ2n) is 11.6. The van der Waals surface area contributed by atoms with Gasteiger partial charge in [-0.3, -0.25) is 14.6 Å². The van der Waals surface area contributed by atoms with E-state index in [4.69, 9.17) is 5.26 Å². The van der Waals surface area contributed by atoms with Gasteiger partial charge in [-0.15, -0.1) is 0 Å². The summed E-state index contributed by atoms with van der Waals surface area (Å²) in [6, 6.07) is 25.4. The summed E-state index contributed by atoms with van der Waals surface area (Å²) in [7, 11) is 0. The molecule has 2 aliphatic heterocycles. The smallest absolute Gasteiger partial charge is 0.162 e. The minimum atomic E-state index is 0.299. The summed E-state index contributed by atoms with van der Waals surface area (Å²) >= 11 is 0. The van der Waals surface area contributed by atoms with E-state index in [0.717, 1.165) is 56.9 Å². The van der Waals surface area contributed by atoms with Crippen molar-refractivity contribution in [2.45, 2.75) is 65.0 Å². The van der Waals surface area contributed by atoms with Crippen LogP contribution in [0.2, 0.25) is 0 Å². The summed E-state index contributed by atoms with van der Waals surface area (Å²) in [6.45, 7) is 8.44. The van der Waals surface area contributed by atoms with Crippen molar-refractivity contribution in [3.05, 3.63) is 106 Å². The van der Waals surface area contributed by atoms with Gasteiger partial charge in [-0.25, -0.2) is 0 Å². The van der Waals surface area contributed by atoms with E-state index in [2.05, 4.69) is 77.4 Å². The molecule has 39 heavy (non-hydrogen) atoms. The highest BCUT2D eigenvalue weighted by atomic mass is 16.1. The van der Waals surface area contributed by atoms with Gasteiger partial charge in [-0.05, 0) is 105 Å². The van der Waals surface area contributed by atoms with Gasteiger partial charge in [0.2, 0.25) is 0 Å². The van der Waals surface area contributed by atoms with Gasteiger partial charge in [-0.2, -0.15) is 5.26 Å². The zero-order valence-electron chi connectivity index (χ0n) is 23.4. The number of Topliss-reactive ketones (excluding diaryl/α,β-unsaturated/α-hetero) is 1. The highest BCUT2D eigenvalue weighted by molar-refractivity contribution is 5.96. The number of rotatable bonds is 9. The zero-order chi connectivity index (χ0) is 27.0. The molecule has 1 saturated heterocycles. The van der Waals surface area contributed by atoms with Crippen LogP contribution in [0, 0.1) is 24.2 Å². The summed E-state index contributed by atoms with van der Waals surface area (Å²) < 4.78 is 0. The Bertz CT molecular complexity index is 1280. The molecule has 0 aromatic heterocycles. The van der Waals surface area contributed by atoms with Gasteiger partial charge in [0.05, 0.1) is 11.6 Å². The largest absolute Gasteiger partial charge is 0.299 e. The number of piperidine rings is 1. The van der Waals surface area contributed by atoms with Crippen LogP contribution in [0.25, 0.3) is 0 Å². The summed E-state index contributed by atoms with van der Waals surface area (Å²) in [6.07, 6.45) is 7.32. The number of hydrogen-bond donors (Lipinski definition) is 0. The molecule has 0 radical (unpaired) electrons. The quantitative estimate of drug-likeness (QED) is 0.294. The molecule has 1 fully saturated rings. The number of aryl methyl sites for hydroxylation is 1.